The number of esters is 1. The summed E-state index contributed by atoms with van der Waals surface area (Å²) in [6.07, 6.45) is -1.70. The molecule has 43 heavy (non-hydrogen) atoms. The number of carbonyl (C=O) groups excluding carboxylic acids is 5. The van der Waals surface area contributed by atoms with Gasteiger partial charge in [-0.15, -0.1) is 34.7 Å². The molecule has 1 aromatic heterocycles. The summed E-state index contributed by atoms with van der Waals surface area (Å²) in [6.45, 7) is -0.383. The Balaban J connectivity index is 1.40. The summed E-state index contributed by atoms with van der Waals surface area (Å²) in [6, 6.07) is 21.2. The first-order valence-electron chi connectivity index (χ1n) is 13.2. The molecule has 0 spiro atoms. The van der Waals surface area contributed by atoms with Gasteiger partial charge in [0, 0.05) is 16.2 Å². The van der Waals surface area contributed by atoms with Gasteiger partial charge in [-0.2, -0.15) is 0 Å². The second kappa shape index (κ2) is 13.9. The number of ether oxygens (including phenoxy) is 2. The zero-order valence-electron chi connectivity index (χ0n) is 22.6. The van der Waals surface area contributed by atoms with Crippen LogP contribution in [0.25, 0.3) is 0 Å². The van der Waals surface area contributed by atoms with Crippen molar-refractivity contribution in [2.45, 2.75) is 23.9 Å². The van der Waals surface area contributed by atoms with E-state index in [1.54, 1.807) is 0 Å². The lowest BCUT2D eigenvalue weighted by Crippen LogP contribution is -2.70. The predicted molar refractivity (Wildman–Crippen MR) is 161 cm³/mol. The number of benzene rings is 2. The summed E-state index contributed by atoms with van der Waals surface area (Å²) in [5.41, 5.74) is 1.69. The Morgan fingerprint density at radius 2 is 1.63 bits per heavy atom. The highest BCUT2D eigenvalue weighted by Crippen LogP contribution is 2.41. The second-order valence-corrected chi connectivity index (χ2v) is 11.9. The van der Waals surface area contributed by atoms with Crippen molar-refractivity contribution in [2.75, 3.05) is 18.2 Å². The van der Waals surface area contributed by atoms with Crippen molar-refractivity contribution in [1.82, 2.24) is 15.5 Å². The molecule has 3 heterocycles. The van der Waals surface area contributed by atoms with Gasteiger partial charge in [-0.1, -0.05) is 66.7 Å². The third-order valence-electron chi connectivity index (χ3n) is 6.64. The molecule has 0 radical (unpaired) electrons. The maximum atomic E-state index is 13.9. The molecule has 2 aliphatic rings. The second-order valence-electron chi connectivity index (χ2n) is 9.53. The Morgan fingerprint density at radius 1 is 0.953 bits per heavy atom. The first-order valence-corrected chi connectivity index (χ1v) is 15.6. The van der Waals surface area contributed by atoms with Crippen LogP contribution in [-0.2, 0) is 35.1 Å². The van der Waals surface area contributed by atoms with Gasteiger partial charge in [0.2, 0.25) is 11.8 Å². The van der Waals surface area contributed by atoms with Crippen molar-refractivity contribution in [3.63, 3.8) is 0 Å². The molecule has 0 aliphatic carbocycles. The fourth-order valence-electron chi connectivity index (χ4n) is 4.66. The fourth-order valence-corrected chi connectivity index (χ4v) is 6.76. The maximum absolute atomic E-state index is 13.9. The topological polar surface area (TPSA) is 131 Å². The quantitative estimate of drug-likeness (QED) is 0.195. The Labute approximate surface area is 260 Å². The average molecular weight is 640 g/mol. The normalized spacial score (nSPS) is 17.5. The largest absolute Gasteiger partial charge is 0.448 e. The van der Waals surface area contributed by atoms with Crippen molar-refractivity contribution in [1.29, 1.82) is 0 Å². The van der Waals surface area contributed by atoms with E-state index in [4.69, 9.17) is 21.1 Å². The minimum Gasteiger partial charge on any atom is -0.448 e. The Morgan fingerprint density at radius 3 is 2.23 bits per heavy atom. The Bertz CT molecular complexity index is 1490. The van der Waals surface area contributed by atoms with Gasteiger partial charge in [-0.3, -0.25) is 24.6 Å². The van der Waals surface area contributed by atoms with E-state index < -0.39 is 47.3 Å². The third-order valence-corrected chi connectivity index (χ3v) is 9.10. The van der Waals surface area contributed by atoms with Crippen LogP contribution in [0.1, 0.15) is 22.1 Å². The number of carbonyl (C=O) groups is 5. The number of halogens is 1. The Hall–Kier alpha value is -4.13. The minimum atomic E-state index is -1.04. The van der Waals surface area contributed by atoms with Crippen LogP contribution in [0, 0.1) is 0 Å². The highest BCUT2D eigenvalue weighted by molar-refractivity contribution is 8.00. The van der Waals surface area contributed by atoms with Gasteiger partial charge in [0.1, 0.15) is 29.6 Å². The number of β-lactam (4-membered cyclic amide) rings is 1. The zero-order valence-corrected chi connectivity index (χ0v) is 25.0. The summed E-state index contributed by atoms with van der Waals surface area (Å²) in [7, 11) is 0. The number of alkyl halides is 1. The maximum Gasteiger partial charge on any atom is 0.414 e. The van der Waals surface area contributed by atoms with Crippen LogP contribution in [0.5, 0.6) is 0 Å². The predicted octanol–water partition coefficient (Wildman–Crippen LogP) is 3.77. The number of alkyl carbamates (subject to hydrolysis) is 1. The summed E-state index contributed by atoms with van der Waals surface area (Å²) >= 11 is 8.19. The Kier molecular flexibility index (Phi) is 9.80. The summed E-state index contributed by atoms with van der Waals surface area (Å²) < 4.78 is 11.2. The number of nitrogens with zero attached hydrogens (tertiary/aromatic N) is 1. The molecule has 222 valence electrons. The van der Waals surface area contributed by atoms with Crippen molar-refractivity contribution in [2.24, 2.45) is 0 Å². The van der Waals surface area contributed by atoms with E-state index in [9.17, 15) is 24.0 Å². The zero-order chi connectivity index (χ0) is 30.3. The molecule has 10 nitrogen and oxygen atoms in total. The summed E-state index contributed by atoms with van der Waals surface area (Å²) in [5.74, 6) is -2.57. The molecule has 0 saturated carbocycles. The van der Waals surface area contributed by atoms with Crippen LogP contribution in [0.3, 0.4) is 0 Å². The van der Waals surface area contributed by atoms with Gasteiger partial charge in [0.25, 0.3) is 5.91 Å². The van der Waals surface area contributed by atoms with E-state index in [-0.39, 0.29) is 30.4 Å². The molecule has 0 bridgehead atoms. The summed E-state index contributed by atoms with van der Waals surface area (Å²) in [4.78, 5) is 65.8. The van der Waals surface area contributed by atoms with E-state index in [1.807, 2.05) is 83.5 Å². The molecular formula is C30H26ClN3O7S2. The van der Waals surface area contributed by atoms with Gasteiger partial charge in [0.05, 0.1) is 6.42 Å². The van der Waals surface area contributed by atoms with E-state index in [0.29, 0.717) is 5.57 Å². The van der Waals surface area contributed by atoms with Gasteiger partial charge in [-0.05, 0) is 22.6 Å². The van der Waals surface area contributed by atoms with Crippen LogP contribution in [-0.4, -0.2) is 64.3 Å². The van der Waals surface area contributed by atoms with E-state index in [2.05, 4.69) is 5.32 Å². The lowest BCUT2D eigenvalue weighted by atomic mass is 10.0. The highest BCUT2D eigenvalue weighted by atomic mass is 35.5. The number of imide groups is 1. The number of amides is 4. The fraction of sp³-hybridized carbons (Fsp3) is 0.233. The number of thioether (sulfide) groups is 1. The van der Waals surface area contributed by atoms with Crippen molar-refractivity contribution < 1.29 is 33.4 Å². The molecule has 13 heteroatoms. The highest BCUT2D eigenvalue weighted by Gasteiger charge is 2.54. The number of hydrogen-bond acceptors (Lipinski definition) is 9. The molecule has 1 saturated heterocycles. The van der Waals surface area contributed by atoms with Crippen LogP contribution in [0.4, 0.5) is 4.79 Å². The number of thiophene rings is 1. The molecule has 2 aromatic carbocycles. The van der Waals surface area contributed by atoms with Gasteiger partial charge < -0.3 is 14.8 Å². The number of nitrogens with one attached hydrogen (secondary N) is 2. The van der Waals surface area contributed by atoms with Crippen LogP contribution in [0.15, 0.2) is 89.4 Å². The van der Waals surface area contributed by atoms with Crippen LogP contribution < -0.4 is 10.6 Å². The van der Waals surface area contributed by atoms with Gasteiger partial charge in [0.15, 0.2) is 6.10 Å². The molecule has 5 rings (SSSR count). The van der Waals surface area contributed by atoms with Crippen molar-refractivity contribution in [3.8, 4) is 0 Å². The van der Waals surface area contributed by atoms with E-state index >= 15 is 0 Å². The van der Waals surface area contributed by atoms with Crippen molar-refractivity contribution in [3.05, 3.63) is 105 Å². The number of rotatable bonds is 10. The van der Waals surface area contributed by atoms with E-state index in [0.717, 1.165) is 16.0 Å². The number of hydrogen-bond donors (Lipinski definition) is 2. The monoisotopic (exact) mass is 639 g/mol. The first-order chi connectivity index (χ1) is 20.9. The lowest BCUT2D eigenvalue weighted by molar-refractivity contribution is -0.154. The van der Waals surface area contributed by atoms with Crippen LogP contribution >= 0.6 is 34.7 Å². The van der Waals surface area contributed by atoms with Crippen molar-refractivity contribution >= 4 is 64.5 Å². The smallest absolute Gasteiger partial charge is 0.414 e. The first kappa shape index (κ1) is 30.3. The average Bonchev–Trinajstić information content (AvgIpc) is 3.54. The molecule has 1 fully saturated rings. The summed E-state index contributed by atoms with van der Waals surface area (Å²) in [5, 5.41) is 6.06. The number of fused-ring (bicyclic) bond motifs is 1. The molecule has 1 unspecified atom stereocenters. The molecule has 2 aliphatic heterocycles. The molecule has 2 atom stereocenters. The molecule has 3 aromatic rings. The van der Waals surface area contributed by atoms with Crippen LogP contribution in [0.2, 0.25) is 0 Å². The molecule has 2 N–H and O–H groups in total. The molecular weight excluding hydrogens is 614 g/mol. The van der Waals surface area contributed by atoms with E-state index in [1.165, 1.54) is 28.0 Å². The minimum absolute atomic E-state index is 0.0640. The lowest BCUT2D eigenvalue weighted by Gasteiger charge is -2.49. The molecule has 4 amide bonds. The third kappa shape index (κ3) is 7.10. The van der Waals surface area contributed by atoms with Gasteiger partial charge in [-0.25, -0.2) is 9.59 Å². The standard InChI is InChI=1S/C30H26ClN3O7S2/c31-15-23(36)33-30(39)40-16-20-17-43-28-24(32-22(35)14-21-12-7-13-42-21)27(37)34(28)25(20)29(38)41-26(18-8-3-1-4-9-18)19-10-5-2-6-11-19/h1-13,24,26,28H,14-17H2,(H,32,35)(H,33,36,39)/t24?,28-/m0/s1. The van der Waals surface area contributed by atoms with Gasteiger partial charge >= 0.3 is 12.1 Å². The SMILES string of the molecule is O=C(CCl)NC(=O)OCC1=C(C(=O)OC(c2ccccc2)c2ccccc2)N2C(=O)C(NC(=O)Cc3cccs3)[C@@H]2SC1.